The lowest BCUT2D eigenvalue weighted by atomic mass is 9.95. The smallest absolute Gasteiger partial charge is 0.144 e. The van der Waals surface area contributed by atoms with E-state index in [2.05, 4.69) is 121 Å². The maximum absolute atomic E-state index is 6.55. The van der Waals surface area contributed by atoms with Crippen molar-refractivity contribution in [2.75, 3.05) is 0 Å². The predicted octanol–water partition coefficient (Wildman–Crippen LogP) is 12.2. The van der Waals surface area contributed by atoms with Gasteiger partial charge in [0.2, 0.25) is 0 Å². The highest BCUT2D eigenvalue weighted by molar-refractivity contribution is 6.25. The van der Waals surface area contributed by atoms with Gasteiger partial charge in [0, 0.05) is 48.8 Å². The summed E-state index contributed by atoms with van der Waals surface area (Å²) >= 11 is 0. The molecule has 0 spiro atoms. The molecule has 0 saturated carbocycles. The topological polar surface area (TPSA) is 39.2 Å². The van der Waals surface area contributed by atoms with E-state index >= 15 is 0 Å². The number of pyridine rings is 1. The highest BCUT2D eigenvalue weighted by Gasteiger charge is 2.18. The first-order valence-corrected chi connectivity index (χ1v) is 15.5. The Kier molecular flexibility index (Phi) is 5.28. The van der Waals surface area contributed by atoms with Gasteiger partial charge in [-0.2, -0.15) is 0 Å². The van der Waals surface area contributed by atoms with Crippen LogP contribution < -0.4 is 0 Å². The monoisotopic (exact) mass is 587 g/mol. The lowest BCUT2D eigenvalue weighted by Gasteiger charge is -2.12. The zero-order valence-corrected chi connectivity index (χ0v) is 24.7. The molecule has 214 valence electrons. The van der Waals surface area contributed by atoms with E-state index in [9.17, 15) is 0 Å². The zero-order valence-electron chi connectivity index (χ0n) is 24.7. The van der Waals surface area contributed by atoms with Crippen molar-refractivity contribution in [3.8, 4) is 33.5 Å². The molecule has 0 saturated heterocycles. The third kappa shape index (κ3) is 3.69. The van der Waals surface area contributed by atoms with Crippen molar-refractivity contribution in [3.63, 3.8) is 0 Å². The minimum Gasteiger partial charge on any atom is -0.455 e. The second-order valence-electron chi connectivity index (χ2n) is 11.9. The number of hydrogen-bond acceptors (Lipinski definition) is 3. The Morgan fingerprint density at radius 3 is 1.74 bits per heavy atom. The van der Waals surface area contributed by atoms with E-state index in [0.717, 1.165) is 99.1 Å². The van der Waals surface area contributed by atoms with Gasteiger partial charge in [-0.3, -0.25) is 0 Å². The van der Waals surface area contributed by atoms with Gasteiger partial charge in [0.25, 0.3) is 0 Å². The van der Waals surface area contributed by atoms with E-state index in [1.54, 1.807) is 0 Å². The van der Waals surface area contributed by atoms with Crippen LogP contribution in [0.5, 0.6) is 0 Å². The number of nitrogens with zero attached hydrogens (tertiary/aromatic N) is 1. The van der Waals surface area contributed by atoms with Crippen molar-refractivity contribution in [2.24, 2.45) is 0 Å². The molecule has 10 aromatic rings. The fraction of sp³-hybridized carbons (Fsp3) is 0. The average molecular weight is 588 g/mol. The van der Waals surface area contributed by atoms with Crippen LogP contribution in [0.1, 0.15) is 0 Å². The van der Waals surface area contributed by atoms with Crippen LogP contribution in [-0.4, -0.2) is 4.98 Å². The second-order valence-corrected chi connectivity index (χ2v) is 11.9. The quantitative estimate of drug-likeness (QED) is 0.193. The van der Waals surface area contributed by atoms with Gasteiger partial charge in [0.15, 0.2) is 0 Å². The number of furan rings is 2. The molecule has 3 nitrogen and oxygen atoms in total. The van der Waals surface area contributed by atoms with Gasteiger partial charge in [0.1, 0.15) is 22.3 Å². The number of aromatic nitrogens is 1. The van der Waals surface area contributed by atoms with Crippen molar-refractivity contribution >= 4 is 65.6 Å². The van der Waals surface area contributed by atoms with Gasteiger partial charge in [-0.05, 0) is 41.0 Å². The molecule has 0 aliphatic heterocycles. The molecule has 46 heavy (non-hydrogen) atoms. The van der Waals surface area contributed by atoms with Gasteiger partial charge in [-0.1, -0.05) is 127 Å². The zero-order chi connectivity index (χ0) is 30.2. The summed E-state index contributed by atoms with van der Waals surface area (Å²) in [4.78, 5) is 5.29. The van der Waals surface area contributed by atoms with E-state index < -0.39 is 0 Å². The average Bonchev–Trinajstić information content (AvgIpc) is 3.70. The molecule has 0 fully saturated rings. The Balaban J connectivity index is 1.15. The van der Waals surface area contributed by atoms with Crippen LogP contribution in [-0.2, 0) is 0 Å². The molecule has 0 aliphatic carbocycles. The van der Waals surface area contributed by atoms with Gasteiger partial charge in [0.05, 0.1) is 11.2 Å². The molecular formula is C43H25NO2. The van der Waals surface area contributed by atoms with E-state index in [4.69, 9.17) is 13.8 Å². The van der Waals surface area contributed by atoms with E-state index in [-0.39, 0.29) is 0 Å². The number of benzene rings is 7. The standard InChI is InChI=1S/C43H25NO2/c1-2-9-28(10-3-1)41-36-24-23-34-32-12-5-7-16-39(32)46-43(34)40(36)35-22-21-29(25-37(35)44-41)26-17-19-27(20-18-26)30-13-8-14-33-31-11-4-6-15-38(31)45-42(30)33/h1-25H. The SMILES string of the molecule is c1ccc(-c2nc3cc(-c4ccc(-c5cccc6c5oc5ccccc56)cc4)ccc3c3c2ccc2c4ccccc4oc23)cc1. The summed E-state index contributed by atoms with van der Waals surface area (Å²) in [7, 11) is 0. The van der Waals surface area contributed by atoms with Gasteiger partial charge in [-0.15, -0.1) is 0 Å². The lowest BCUT2D eigenvalue weighted by molar-refractivity contribution is 0.670. The first kappa shape index (κ1) is 25.2. The van der Waals surface area contributed by atoms with Crippen molar-refractivity contribution in [1.29, 1.82) is 0 Å². The maximum Gasteiger partial charge on any atom is 0.144 e. The molecule has 0 N–H and O–H groups in total. The summed E-state index contributed by atoms with van der Waals surface area (Å²) in [6.07, 6.45) is 0. The highest BCUT2D eigenvalue weighted by Crippen LogP contribution is 2.42. The summed E-state index contributed by atoms with van der Waals surface area (Å²) in [5.41, 5.74) is 11.1. The van der Waals surface area contributed by atoms with Crippen molar-refractivity contribution in [1.82, 2.24) is 4.98 Å². The fourth-order valence-electron chi connectivity index (χ4n) is 7.08. The summed E-state index contributed by atoms with van der Waals surface area (Å²) in [6, 6.07) is 53.0. The summed E-state index contributed by atoms with van der Waals surface area (Å²) in [5.74, 6) is 0. The molecule has 0 unspecified atom stereocenters. The van der Waals surface area contributed by atoms with Gasteiger partial charge < -0.3 is 8.83 Å². The Morgan fingerprint density at radius 2 is 0.957 bits per heavy atom. The number of fused-ring (bicyclic) bond motifs is 10. The molecule has 7 aromatic carbocycles. The first-order valence-electron chi connectivity index (χ1n) is 15.5. The Hall–Kier alpha value is -6.19. The minimum absolute atomic E-state index is 0.895. The van der Waals surface area contributed by atoms with Crippen LogP contribution in [0, 0.1) is 0 Å². The fourth-order valence-corrected chi connectivity index (χ4v) is 7.08. The van der Waals surface area contributed by atoms with Crippen molar-refractivity contribution in [2.45, 2.75) is 0 Å². The molecule has 3 heterocycles. The molecule has 10 rings (SSSR count). The molecule has 0 bridgehead atoms. The normalized spacial score (nSPS) is 11.9. The van der Waals surface area contributed by atoms with E-state index in [1.807, 2.05) is 30.3 Å². The molecule has 3 aromatic heterocycles. The maximum atomic E-state index is 6.55. The molecule has 3 heteroatoms. The lowest BCUT2D eigenvalue weighted by Crippen LogP contribution is -1.91. The van der Waals surface area contributed by atoms with Crippen molar-refractivity contribution in [3.05, 3.63) is 152 Å². The Morgan fingerprint density at radius 1 is 0.370 bits per heavy atom. The summed E-state index contributed by atoms with van der Waals surface area (Å²) in [5, 5.41) is 7.78. The third-order valence-electron chi connectivity index (χ3n) is 9.28. The van der Waals surface area contributed by atoms with Crippen LogP contribution in [0.4, 0.5) is 0 Å². The largest absolute Gasteiger partial charge is 0.455 e. The van der Waals surface area contributed by atoms with Crippen LogP contribution in [0.2, 0.25) is 0 Å². The van der Waals surface area contributed by atoms with Crippen LogP contribution in [0.25, 0.3) is 99.1 Å². The number of hydrogen-bond donors (Lipinski definition) is 0. The molecule has 0 aliphatic rings. The second kappa shape index (κ2) is 9.65. The molecule has 0 amide bonds. The summed E-state index contributed by atoms with van der Waals surface area (Å²) < 4.78 is 12.9. The van der Waals surface area contributed by atoms with Crippen molar-refractivity contribution < 1.29 is 8.83 Å². The molecule has 0 atom stereocenters. The highest BCUT2D eigenvalue weighted by atomic mass is 16.3. The number of para-hydroxylation sites is 3. The summed E-state index contributed by atoms with van der Waals surface area (Å²) in [6.45, 7) is 0. The van der Waals surface area contributed by atoms with Gasteiger partial charge >= 0.3 is 0 Å². The first-order chi connectivity index (χ1) is 22.8. The van der Waals surface area contributed by atoms with E-state index in [1.165, 1.54) is 0 Å². The Bertz CT molecular complexity index is 2790. The molecular weight excluding hydrogens is 562 g/mol. The van der Waals surface area contributed by atoms with Crippen LogP contribution in [0.3, 0.4) is 0 Å². The van der Waals surface area contributed by atoms with Crippen LogP contribution >= 0.6 is 0 Å². The van der Waals surface area contributed by atoms with Crippen LogP contribution in [0.15, 0.2) is 160 Å². The van der Waals surface area contributed by atoms with E-state index in [0.29, 0.717) is 0 Å². The molecule has 0 radical (unpaired) electrons. The number of rotatable bonds is 3. The minimum atomic E-state index is 0.895. The predicted molar refractivity (Wildman–Crippen MR) is 190 cm³/mol. The van der Waals surface area contributed by atoms with Gasteiger partial charge in [-0.25, -0.2) is 4.98 Å². The Labute approximate surface area is 264 Å². The third-order valence-corrected chi connectivity index (χ3v) is 9.28.